The van der Waals surface area contributed by atoms with Gasteiger partial charge in [0.1, 0.15) is 5.76 Å². The van der Waals surface area contributed by atoms with Crippen molar-refractivity contribution in [3.05, 3.63) is 58.0 Å². The molecule has 0 radical (unpaired) electrons. The van der Waals surface area contributed by atoms with Crippen LogP contribution in [0.5, 0.6) is 0 Å². The molecular weight excluding hydrogens is 268 g/mol. The van der Waals surface area contributed by atoms with E-state index in [1.54, 1.807) is 6.26 Å². The first-order valence-electron chi connectivity index (χ1n) is 5.13. The SMILES string of the molecule is Cc1ccc(Br)c(C(O)Cc2ccco2)c1. The van der Waals surface area contributed by atoms with Crippen molar-refractivity contribution in [3.63, 3.8) is 0 Å². The molecule has 1 N–H and O–H groups in total. The summed E-state index contributed by atoms with van der Waals surface area (Å²) >= 11 is 3.44. The molecule has 1 unspecified atom stereocenters. The van der Waals surface area contributed by atoms with E-state index < -0.39 is 6.10 Å². The molecule has 0 bridgehead atoms. The van der Waals surface area contributed by atoms with Crippen molar-refractivity contribution in [3.8, 4) is 0 Å². The topological polar surface area (TPSA) is 33.4 Å². The van der Waals surface area contributed by atoms with Crippen LogP contribution in [0.25, 0.3) is 0 Å². The van der Waals surface area contributed by atoms with Gasteiger partial charge in [0.15, 0.2) is 0 Å². The number of rotatable bonds is 3. The highest BCUT2D eigenvalue weighted by atomic mass is 79.9. The van der Waals surface area contributed by atoms with Crippen molar-refractivity contribution in [2.24, 2.45) is 0 Å². The van der Waals surface area contributed by atoms with Crippen molar-refractivity contribution in [2.75, 3.05) is 0 Å². The molecule has 1 aromatic carbocycles. The molecular formula is C13H13BrO2. The zero-order chi connectivity index (χ0) is 11.5. The fraction of sp³-hybridized carbons (Fsp3) is 0.231. The Morgan fingerprint density at radius 2 is 2.19 bits per heavy atom. The minimum Gasteiger partial charge on any atom is -0.469 e. The number of furan rings is 1. The van der Waals surface area contributed by atoms with Crippen molar-refractivity contribution in [2.45, 2.75) is 19.4 Å². The lowest BCUT2D eigenvalue weighted by molar-refractivity contribution is 0.169. The Balaban J connectivity index is 2.20. The molecule has 2 nitrogen and oxygen atoms in total. The van der Waals surface area contributed by atoms with Gasteiger partial charge < -0.3 is 9.52 Å². The van der Waals surface area contributed by atoms with Crippen LogP contribution in [0.15, 0.2) is 45.5 Å². The average Bonchev–Trinajstić information content (AvgIpc) is 2.74. The molecule has 0 aliphatic rings. The minimum absolute atomic E-state index is 0.495. The van der Waals surface area contributed by atoms with Crippen LogP contribution >= 0.6 is 15.9 Å². The zero-order valence-electron chi connectivity index (χ0n) is 8.98. The van der Waals surface area contributed by atoms with Crippen LogP contribution in [0, 0.1) is 6.92 Å². The number of benzene rings is 1. The summed E-state index contributed by atoms with van der Waals surface area (Å²) in [5.41, 5.74) is 2.04. The average molecular weight is 281 g/mol. The summed E-state index contributed by atoms with van der Waals surface area (Å²) in [6, 6.07) is 9.64. The Bertz CT molecular complexity index is 463. The summed E-state index contributed by atoms with van der Waals surface area (Å²) in [5.74, 6) is 0.793. The maximum Gasteiger partial charge on any atom is 0.106 e. The van der Waals surface area contributed by atoms with Gasteiger partial charge in [-0.25, -0.2) is 0 Å². The van der Waals surface area contributed by atoms with Gasteiger partial charge >= 0.3 is 0 Å². The fourth-order valence-electron chi connectivity index (χ4n) is 1.65. The van der Waals surface area contributed by atoms with E-state index in [1.165, 1.54) is 0 Å². The van der Waals surface area contributed by atoms with Crippen LogP contribution in [0.4, 0.5) is 0 Å². The molecule has 0 amide bonds. The quantitative estimate of drug-likeness (QED) is 0.932. The lowest BCUT2D eigenvalue weighted by Gasteiger charge is -2.12. The van der Waals surface area contributed by atoms with Gasteiger partial charge in [-0.05, 0) is 30.7 Å². The first kappa shape index (κ1) is 11.4. The molecule has 0 aliphatic carbocycles. The molecule has 0 aliphatic heterocycles. The monoisotopic (exact) mass is 280 g/mol. The number of aryl methyl sites for hydroxylation is 1. The Hall–Kier alpha value is -1.06. The predicted molar refractivity (Wildman–Crippen MR) is 66.3 cm³/mol. The minimum atomic E-state index is -0.541. The van der Waals surface area contributed by atoms with E-state index >= 15 is 0 Å². The molecule has 1 aromatic heterocycles. The van der Waals surface area contributed by atoms with Gasteiger partial charge in [0.2, 0.25) is 0 Å². The van der Waals surface area contributed by atoms with Crippen LogP contribution in [-0.4, -0.2) is 5.11 Å². The van der Waals surface area contributed by atoms with E-state index in [9.17, 15) is 5.11 Å². The molecule has 0 saturated carbocycles. The van der Waals surface area contributed by atoms with E-state index in [0.717, 1.165) is 21.4 Å². The number of hydrogen-bond donors (Lipinski definition) is 1. The molecule has 3 heteroatoms. The number of aliphatic hydroxyl groups is 1. The Labute approximate surface area is 103 Å². The second kappa shape index (κ2) is 4.85. The molecule has 0 saturated heterocycles. The van der Waals surface area contributed by atoms with Crippen molar-refractivity contribution < 1.29 is 9.52 Å². The van der Waals surface area contributed by atoms with Crippen LogP contribution < -0.4 is 0 Å². The summed E-state index contributed by atoms with van der Waals surface area (Å²) in [6.07, 6.45) is 1.57. The maximum absolute atomic E-state index is 10.1. The molecule has 84 valence electrons. The Morgan fingerprint density at radius 3 is 2.88 bits per heavy atom. The Morgan fingerprint density at radius 1 is 1.38 bits per heavy atom. The van der Waals surface area contributed by atoms with Gasteiger partial charge in [-0.15, -0.1) is 0 Å². The third-order valence-electron chi connectivity index (χ3n) is 2.49. The van der Waals surface area contributed by atoms with Gasteiger partial charge in [0.25, 0.3) is 0 Å². The molecule has 16 heavy (non-hydrogen) atoms. The molecule has 2 rings (SSSR count). The van der Waals surface area contributed by atoms with Crippen LogP contribution in [-0.2, 0) is 6.42 Å². The van der Waals surface area contributed by atoms with Crippen molar-refractivity contribution in [1.29, 1.82) is 0 Å². The number of aliphatic hydroxyl groups excluding tert-OH is 1. The standard InChI is InChI=1S/C13H13BrO2/c1-9-4-5-12(14)11(7-9)13(15)8-10-3-2-6-16-10/h2-7,13,15H,8H2,1H3. The highest BCUT2D eigenvalue weighted by Crippen LogP contribution is 2.27. The molecule has 0 fully saturated rings. The van der Waals surface area contributed by atoms with Crippen LogP contribution in [0.3, 0.4) is 0 Å². The second-order valence-corrected chi connectivity index (χ2v) is 4.68. The zero-order valence-corrected chi connectivity index (χ0v) is 10.6. The smallest absolute Gasteiger partial charge is 0.106 e. The number of halogens is 1. The third-order valence-corrected chi connectivity index (χ3v) is 3.21. The summed E-state index contributed by atoms with van der Waals surface area (Å²) in [5, 5.41) is 10.1. The van der Waals surface area contributed by atoms with Gasteiger partial charge in [-0.3, -0.25) is 0 Å². The Kier molecular flexibility index (Phi) is 3.46. The van der Waals surface area contributed by atoms with Crippen molar-refractivity contribution >= 4 is 15.9 Å². The lowest BCUT2D eigenvalue weighted by Crippen LogP contribution is -2.02. The van der Waals surface area contributed by atoms with E-state index in [0.29, 0.717) is 6.42 Å². The van der Waals surface area contributed by atoms with Gasteiger partial charge in [-0.2, -0.15) is 0 Å². The first-order valence-corrected chi connectivity index (χ1v) is 5.92. The van der Waals surface area contributed by atoms with Gasteiger partial charge in [0, 0.05) is 10.9 Å². The van der Waals surface area contributed by atoms with Crippen molar-refractivity contribution in [1.82, 2.24) is 0 Å². The van der Waals surface area contributed by atoms with E-state index in [1.807, 2.05) is 37.3 Å². The fourth-order valence-corrected chi connectivity index (χ4v) is 2.16. The second-order valence-electron chi connectivity index (χ2n) is 3.82. The molecule has 1 atom stereocenters. The first-order chi connectivity index (χ1) is 7.66. The van der Waals surface area contributed by atoms with Gasteiger partial charge in [0.05, 0.1) is 12.4 Å². The summed E-state index contributed by atoms with van der Waals surface area (Å²) in [6.45, 7) is 2.01. The van der Waals surface area contributed by atoms with Crippen LogP contribution in [0.2, 0.25) is 0 Å². The van der Waals surface area contributed by atoms with E-state index in [-0.39, 0.29) is 0 Å². The molecule has 1 heterocycles. The highest BCUT2D eigenvalue weighted by Gasteiger charge is 2.13. The summed E-state index contributed by atoms with van der Waals surface area (Å²) in [7, 11) is 0. The summed E-state index contributed by atoms with van der Waals surface area (Å²) in [4.78, 5) is 0. The third kappa shape index (κ3) is 2.54. The molecule has 2 aromatic rings. The molecule has 0 spiro atoms. The normalized spacial score (nSPS) is 12.7. The van der Waals surface area contributed by atoms with E-state index in [2.05, 4.69) is 15.9 Å². The highest BCUT2D eigenvalue weighted by molar-refractivity contribution is 9.10. The summed E-state index contributed by atoms with van der Waals surface area (Å²) < 4.78 is 6.15. The van der Waals surface area contributed by atoms with Gasteiger partial charge in [-0.1, -0.05) is 33.6 Å². The maximum atomic E-state index is 10.1. The van der Waals surface area contributed by atoms with E-state index in [4.69, 9.17) is 4.42 Å². The van der Waals surface area contributed by atoms with Crippen LogP contribution in [0.1, 0.15) is 23.0 Å². The predicted octanol–water partition coefficient (Wildman–Crippen LogP) is 3.63. The lowest BCUT2D eigenvalue weighted by atomic mass is 10.0. The largest absolute Gasteiger partial charge is 0.469 e. The number of hydrogen-bond acceptors (Lipinski definition) is 2.